The van der Waals surface area contributed by atoms with Crippen LogP contribution in [0.15, 0.2) is 133 Å². The summed E-state index contributed by atoms with van der Waals surface area (Å²) in [7, 11) is -3.90. The number of hydrogen-bond donors (Lipinski definition) is 2. The molecule has 0 aliphatic rings. The van der Waals surface area contributed by atoms with Crippen LogP contribution >= 0.6 is 12.2 Å². The molecule has 0 unspecified atom stereocenters. The van der Waals surface area contributed by atoms with E-state index in [0.717, 1.165) is 22.3 Å². The van der Waals surface area contributed by atoms with Crippen LogP contribution in [0.3, 0.4) is 0 Å². The van der Waals surface area contributed by atoms with Crippen LogP contribution in [0.1, 0.15) is 16.7 Å². The minimum Gasteiger partial charge on any atom is -0.358 e. The molecule has 0 saturated carbocycles. The van der Waals surface area contributed by atoms with Crippen LogP contribution in [0.4, 0.5) is 10.1 Å². The molecule has 1 aromatic heterocycles. The van der Waals surface area contributed by atoms with Gasteiger partial charge in [0.15, 0.2) is 5.11 Å². The molecule has 0 spiro atoms. The molecule has 1 heterocycles. The Labute approximate surface area is 250 Å². The van der Waals surface area contributed by atoms with E-state index in [9.17, 15) is 12.8 Å². The van der Waals surface area contributed by atoms with Crippen molar-refractivity contribution in [1.29, 1.82) is 0 Å². The fraction of sp³-hybridized carbons (Fsp3) is 0.0909. The Balaban J connectivity index is 1.32. The fourth-order valence-corrected chi connectivity index (χ4v) is 5.98. The summed E-state index contributed by atoms with van der Waals surface area (Å²) >= 11 is 5.39. The maximum atomic E-state index is 13.9. The van der Waals surface area contributed by atoms with Gasteiger partial charge in [0.1, 0.15) is 5.82 Å². The third kappa shape index (κ3) is 7.64. The molecule has 0 bridgehead atoms. The van der Waals surface area contributed by atoms with Gasteiger partial charge in [-0.2, -0.15) is 4.31 Å². The molecule has 212 valence electrons. The highest BCUT2D eigenvalue weighted by molar-refractivity contribution is 7.89. The zero-order valence-corrected chi connectivity index (χ0v) is 24.3. The van der Waals surface area contributed by atoms with Crippen molar-refractivity contribution in [3.05, 3.63) is 150 Å². The molecule has 42 heavy (non-hydrogen) atoms. The molecular weight excluding hydrogens is 568 g/mol. The minimum absolute atomic E-state index is 0.0893. The second-order valence-corrected chi connectivity index (χ2v) is 12.0. The van der Waals surface area contributed by atoms with Crippen LogP contribution in [-0.2, 0) is 29.7 Å². The van der Waals surface area contributed by atoms with Crippen molar-refractivity contribution in [3.63, 3.8) is 0 Å². The second-order valence-electron chi connectivity index (χ2n) is 9.65. The predicted octanol–water partition coefficient (Wildman–Crippen LogP) is 6.77. The zero-order chi connectivity index (χ0) is 29.4. The van der Waals surface area contributed by atoms with E-state index < -0.39 is 10.0 Å². The number of halogens is 1. The Morgan fingerprint density at radius 2 is 1.29 bits per heavy atom. The molecular formula is C33H29FN4O2S2. The van der Waals surface area contributed by atoms with Crippen LogP contribution in [0, 0.1) is 5.82 Å². The van der Waals surface area contributed by atoms with E-state index in [1.165, 1.54) is 16.4 Å². The van der Waals surface area contributed by atoms with Gasteiger partial charge in [-0.1, -0.05) is 66.7 Å². The van der Waals surface area contributed by atoms with Gasteiger partial charge in [0.25, 0.3) is 0 Å². The standard InChI is InChI=1S/C33H29FN4O2S2/c34-30-12-8-27(9-13-30)24-38(23-26-6-10-29(11-7-26)28-4-2-1-3-5-28)42(39,40)32-16-14-31(15-17-32)37-33(41)36-22-25-18-20-35-21-19-25/h1-21H,22-24H2,(H2,36,37,41). The molecule has 5 aromatic rings. The maximum absolute atomic E-state index is 13.9. The van der Waals surface area contributed by atoms with E-state index in [2.05, 4.69) is 15.6 Å². The summed E-state index contributed by atoms with van der Waals surface area (Å²) < 4.78 is 42.7. The Hall–Kier alpha value is -4.44. The zero-order valence-electron chi connectivity index (χ0n) is 22.7. The molecule has 9 heteroatoms. The van der Waals surface area contributed by atoms with Crippen molar-refractivity contribution in [2.75, 3.05) is 5.32 Å². The van der Waals surface area contributed by atoms with Gasteiger partial charge in [0.05, 0.1) is 4.90 Å². The van der Waals surface area contributed by atoms with E-state index in [4.69, 9.17) is 12.2 Å². The lowest BCUT2D eigenvalue weighted by atomic mass is 10.0. The van der Waals surface area contributed by atoms with Gasteiger partial charge >= 0.3 is 0 Å². The number of aromatic nitrogens is 1. The summed E-state index contributed by atoms with van der Waals surface area (Å²) in [6, 6.07) is 33.9. The number of thiocarbonyl (C=S) groups is 1. The Morgan fingerprint density at radius 1 is 0.714 bits per heavy atom. The number of nitrogens with zero attached hydrogens (tertiary/aromatic N) is 2. The van der Waals surface area contributed by atoms with Gasteiger partial charge in [0.2, 0.25) is 10.0 Å². The van der Waals surface area contributed by atoms with Gasteiger partial charge < -0.3 is 10.6 Å². The Bertz CT molecular complexity index is 1720. The molecule has 2 N–H and O–H groups in total. The van der Waals surface area contributed by atoms with Crippen LogP contribution in [0.5, 0.6) is 0 Å². The molecule has 6 nitrogen and oxygen atoms in total. The van der Waals surface area contributed by atoms with Crippen molar-refractivity contribution < 1.29 is 12.8 Å². The van der Waals surface area contributed by atoms with Gasteiger partial charge in [-0.05, 0) is 88.6 Å². The number of benzene rings is 4. The average molecular weight is 597 g/mol. The summed E-state index contributed by atoms with van der Waals surface area (Å²) in [5.74, 6) is -0.374. The van der Waals surface area contributed by atoms with Gasteiger partial charge in [-0.15, -0.1) is 0 Å². The molecule has 0 amide bonds. The number of pyridine rings is 1. The molecule has 0 fully saturated rings. The highest BCUT2D eigenvalue weighted by atomic mass is 32.2. The van der Waals surface area contributed by atoms with Crippen LogP contribution in [-0.4, -0.2) is 22.8 Å². The topological polar surface area (TPSA) is 74.3 Å². The van der Waals surface area contributed by atoms with Crippen LogP contribution < -0.4 is 10.6 Å². The van der Waals surface area contributed by atoms with Crippen LogP contribution in [0.2, 0.25) is 0 Å². The summed E-state index contributed by atoms with van der Waals surface area (Å²) in [5, 5.41) is 6.62. The third-order valence-corrected chi connectivity index (χ3v) is 8.70. The SMILES string of the molecule is O=S(=O)(c1ccc(NC(=S)NCc2ccncc2)cc1)N(Cc1ccc(F)cc1)Cc1ccc(-c2ccccc2)cc1. The minimum atomic E-state index is -3.90. The van der Waals surface area contributed by atoms with Crippen molar-refractivity contribution in [2.45, 2.75) is 24.5 Å². The Kier molecular flexibility index (Phi) is 9.33. The fourth-order valence-electron chi connectivity index (χ4n) is 4.37. The lowest BCUT2D eigenvalue weighted by Gasteiger charge is -2.23. The molecule has 0 saturated heterocycles. The molecule has 0 aliphatic carbocycles. The van der Waals surface area contributed by atoms with Gasteiger partial charge in [-0.3, -0.25) is 4.98 Å². The summed E-state index contributed by atoms with van der Waals surface area (Å²) in [4.78, 5) is 4.15. The normalized spacial score (nSPS) is 11.3. The average Bonchev–Trinajstić information content (AvgIpc) is 3.02. The first kappa shape index (κ1) is 29.1. The second kappa shape index (κ2) is 13.5. The number of nitrogens with one attached hydrogen (secondary N) is 2. The first-order valence-corrected chi connectivity index (χ1v) is 15.1. The van der Waals surface area contributed by atoms with E-state index >= 15 is 0 Å². The van der Waals surface area contributed by atoms with Gasteiger partial charge in [0, 0.05) is 37.7 Å². The quantitative estimate of drug-likeness (QED) is 0.174. The highest BCUT2D eigenvalue weighted by Gasteiger charge is 2.25. The van der Waals surface area contributed by atoms with Crippen molar-refractivity contribution in [2.24, 2.45) is 0 Å². The van der Waals surface area contributed by atoms with Crippen LogP contribution in [0.25, 0.3) is 11.1 Å². The van der Waals surface area contributed by atoms with Crippen molar-refractivity contribution in [1.82, 2.24) is 14.6 Å². The first-order valence-electron chi connectivity index (χ1n) is 13.3. The van der Waals surface area contributed by atoms with Gasteiger partial charge in [-0.25, -0.2) is 12.8 Å². The molecule has 0 radical (unpaired) electrons. The summed E-state index contributed by atoms with van der Waals surface area (Å²) in [5.41, 5.74) is 5.34. The predicted molar refractivity (Wildman–Crippen MR) is 168 cm³/mol. The number of sulfonamides is 1. The highest BCUT2D eigenvalue weighted by Crippen LogP contribution is 2.25. The molecule has 0 atom stereocenters. The van der Waals surface area contributed by atoms with Crippen molar-refractivity contribution in [3.8, 4) is 11.1 Å². The maximum Gasteiger partial charge on any atom is 0.243 e. The van der Waals surface area contributed by atoms with E-state index in [1.807, 2.05) is 66.7 Å². The smallest absolute Gasteiger partial charge is 0.243 e. The van der Waals surface area contributed by atoms with Crippen molar-refractivity contribution >= 4 is 33.0 Å². The van der Waals surface area contributed by atoms with E-state index in [-0.39, 0.29) is 23.8 Å². The molecule has 0 aliphatic heterocycles. The first-order chi connectivity index (χ1) is 20.4. The van der Waals surface area contributed by atoms with E-state index in [1.54, 1.807) is 48.8 Å². The number of hydrogen-bond acceptors (Lipinski definition) is 4. The number of rotatable bonds is 10. The van der Waals surface area contributed by atoms with E-state index in [0.29, 0.717) is 22.9 Å². The monoisotopic (exact) mass is 596 g/mol. The molecule has 4 aromatic carbocycles. The Morgan fingerprint density at radius 3 is 1.90 bits per heavy atom. The summed E-state index contributed by atoms with van der Waals surface area (Å²) in [6.45, 7) is 0.773. The lowest BCUT2D eigenvalue weighted by Crippen LogP contribution is -2.30. The number of anilines is 1. The molecule has 5 rings (SSSR count). The third-order valence-electron chi connectivity index (χ3n) is 6.64. The lowest BCUT2D eigenvalue weighted by molar-refractivity contribution is 0.401. The summed E-state index contributed by atoms with van der Waals surface area (Å²) in [6.07, 6.45) is 3.43. The largest absolute Gasteiger partial charge is 0.358 e.